The molecule has 1 aromatic carbocycles. The van der Waals surface area contributed by atoms with Gasteiger partial charge in [0, 0.05) is 38.6 Å². The van der Waals surface area contributed by atoms with Gasteiger partial charge in [-0.15, -0.1) is 0 Å². The summed E-state index contributed by atoms with van der Waals surface area (Å²) in [6.07, 6.45) is 3.98. The minimum Gasteiger partial charge on any atom is -0.347 e. The lowest BCUT2D eigenvalue weighted by Crippen LogP contribution is -2.38. The molecule has 4 rings (SSSR count). The fourth-order valence-electron chi connectivity index (χ4n) is 4.65. The van der Waals surface area contributed by atoms with Crippen LogP contribution >= 0.6 is 0 Å². The predicted molar refractivity (Wildman–Crippen MR) is 124 cm³/mol. The zero-order valence-corrected chi connectivity index (χ0v) is 19.6. The van der Waals surface area contributed by atoms with Gasteiger partial charge in [0.2, 0.25) is 15.0 Å². The third-order valence-electron chi connectivity index (χ3n) is 5.89. The lowest BCUT2D eigenvalue weighted by Gasteiger charge is -2.35. The second-order valence-electron chi connectivity index (χ2n) is 9.11. The van der Waals surface area contributed by atoms with Gasteiger partial charge in [0.1, 0.15) is 0 Å². The minimum atomic E-state index is -3.57. The van der Waals surface area contributed by atoms with E-state index < -0.39 is 15.7 Å². The number of piperidine rings is 1. The van der Waals surface area contributed by atoms with E-state index in [0.29, 0.717) is 12.1 Å². The number of aromatic nitrogens is 2. The molecule has 1 aliphatic rings. The molecule has 2 unspecified atom stereocenters. The Morgan fingerprint density at radius 2 is 1.72 bits per heavy atom. The van der Waals surface area contributed by atoms with Gasteiger partial charge in [0.05, 0.1) is 5.52 Å². The van der Waals surface area contributed by atoms with Crippen LogP contribution in [0.4, 0.5) is 0 Å². The van der Waals surface area contributed by atoms with E-state index in [1.165, 1.54) is 16.4 Å². The summed E-state index contributed by atoms with van der Waals surface area (Å²) < 4.78 is 25.5. The fraction of sp³-hybridized carbons (Fsp3) is 0.417. The number of carbonyl (C=O) groups is 1. The second kappa shape index (κ2) is 9.03. The van der Waals surface area contributed by atoms with Crippen molar-refractivity contribution in [1.82, 2.24) is 19.6 Å². The Bertz CT molecular complexity index is 1210. The Labute approximate surface area is 189 Å². The monoisotopic (exact) mass is 454 g/mol. The highest BCUT2D eigenvalue weighted by molar-refractivity contribution is 7.90. The van der Waals surface area contributed by atoms with Crippen LogP contribution in [0.2, 0.25) is 0 Å². The maximum atomic E-state index is 12.8. The normalized spacial score (nSPS) is 19.8. The summed E-state index contributed by atoms with van der Waals surface area (Å²) in [4.78, 5) is 19.4. The largest absolute Gasteiger partial charge is 0.347 e. The lowest BCUT2D eigenvalue weighted by atomic mass is 9.91. The molecule has 7 nitrogen and oxygen atoms in total. The van der Waals surface area contributed by atoms with Gasteiger partial charge in [-0.25, -0.2) is 13.4 Å². The molecule has 0 spiro atoms. The first kappa shape index (κ1) is 22.5. The fourth-order valence-corrected chi connectivity index (χ4v) is 5.42. The summed E-state index contributed by atoms with van der Waals surface area (Å²) in [7, 11) is -3.57. The van der Waals surface area contributed by atoms with Crippen LogP contribution in [-0.4, -0.2) is 48.0 Å². The molecule has 1 saturated heterocycles. The van der Waals surface area contributed by atoms with Crippen LogP contribution in [-0.2, 0) is 22.9 Å². The van der Waals surface area contributed by atoms with Crippen molar-refractivity contribution in [2.24, 2.45) is 11.8 Å². The highest BCUT2D eigenvalue weighted by Gasteiger charge is 2.23. The van der Waals surface area contributed by atoms with Gasteiger partial charge in [0.15, 0.2) is 5.69 Å². The Hall–Kier alpha value is -2.71. The molecule has 32 heavy (non-hydrogen) atoms. The lowest BCUT2D eigenvalue weighted by molar-refractivity contribution is 0.0947. The highest BCUT2D eigenvalue weighted by Crippen LogP contribution is 2.22. The zero-order chi connectivity index (χ0) is 22.9. The quantitative estimate of drug-likeness (QED) is 0.619. The van der Waals surface area contributed by atoms with Crippen molar-refractivity contribution >= 4 is 21.3 Å². The van der Waals surface area contributed by atoms with Crippen LogP contribution in [0, 0.1) is 11.8 Å². The number of nitrogens with one attached hydrogen (secondary N) is 1. The van der Waals surface area contributed by atoms with E-state index in [-0.39, 0.29) is 10.9 Å². The van der Waals surface area contributed by atoms with Crippen LogP contribution in [0.1, 0.15) is 41.9 Å². The third-order valence-corrected chi connectivity index (χ3v) is 6.84. The maximum absolute atomic E-state index is 12.8. The van der Waals surface area contributed by atoms with E-state index in [2.05, 4.69) is 41.2 Å². The van der Waals surface area contributed by atoms with Gasteiger partial charge in [-0.05, 0) is 41.5 Å². The summed E-state index contributed by atoms with van der Waals surface area (Å²) in [6.45, 7) is 8.19. The molecule has 170 valence electrons. The number of likely N-dealkylation sites (tertiary alicyclic amines) is 1. The van der Waals surface area contributed by atoms with E-state index in [0.717, 1.165) is 43.3 Å². The molecule has 1 amide bonds. The first-order chi connectivity index (χ1) is 15.2. The molecule has 3 heterocycles. The standard InChI is InChI=1S/C24H30N4O3S/c1-17-12-18(2)15-27(14-17)16-20-9-7-19(8-10-20)13-25-23(29)22-21-6-4-5-11-28(21)24(26-22)32(3,30)31/h4-11,17-18H,12-16H2,1-3H3,(H,25,29). The Balaban J connectivity index is 1.42. The number of fused-ring (bicyclic) bond motifs is 1. The van der Waals surface area contributed by atoms with Crippen molar-refractivity contribution in [2.75, 3.05) is 19.3 Å². The molecule has 3 aromatic rings. The van der Waals surface area contributed by atoms with Crippen LogP contribution in [0.3, 0.4) is 0 Å². The number of carbonyl (C=O) groups excluding carboxylic acids is 1. The van der Waals surface area contributed by atoms with Gasteiger partial charge >= 0.3 is 0 Å². The van der Waals surface area contributed by atoms with Crippen molar-refractivity contribution in [2.45, 2.75) is 38.5 Å². The Kier molecular flexibility index (Phi) is 6.35. The smallest absolute Gasteiger partial charge is 0.272 e. The number of imidazole rings is 1. The molecule has 1 N–H and O–H groups in total. The number of amides is 1. The number of benzene rings is 1. The number of rotatable bonds is 6. The average molecular weight is 455 g/mol. The molecule has 1 aliphatic heterocycles. The van der Waals surface area contributed by atoms with Crippen LogP contribution < -0.4 is 5.32 Å². The molecule has 0 radical (unpaired) electrons. The van der Waals surface area contributed by atoms with E-state index in [1.807, 2.05) is 12.1 Å². The number of sulfone groups is 1. The first-order valence-corrected chi connectivity index (χ1v) is 12.9. The molecule has 8 heteroatoms. The Morgan fingerprint density at radius 1 is 1.06 bits per heavy atom. The van der Waals surface area contributed by atoms with Crippen molar-refractivity contribution < 1.29 is 13.2 Å². The molecule has 2 aromatic heterocycles. The molecular weight excluding hydrogens is 424 g/mol. The van der Waals surface area contributed by atoms with Crippen LogP contribution in [0.5, 0.6) is 0 Å². The van der Waals surface area contributed by atoms with E-state index in [4.69, 9.17) is 0 Å². The van der Waals surface area contributed by atoms with E-state index in [1.54, 1.807) is 24.4 Å². The van der Waals surface area contributed by atoms with Crippen molar-refractivity contribution in [3.8, 4) is 0 Å². The van der Waals surface area contributed by atoms with E-state index >= 15 is 0 Å². The molecule has 0 aliphatic carbocycles. The summed E-state index contributed by atoms with van der Waals surface area (Å²) in [6, 6.07) is 13.4. The highest BCUT2D eigenvalue weighted by atomic mass is 32.2. The third kappa shape index (κ3) is 5.02. The van der Waals surface area contributed by atoms with Gasteiger partial charge in [-0.2, -0.15) is 0 Å². The second-order valence-corrected chi connectivity index (χ2v) is 11.0. The summed E-state index contributed by atoms with van der Waals surface area (Å²) >= 11 is 0. The van der Waals surface area contributed by atoms with Gasteiger partial charge in [-0.3, -0.25) is 14.1 Å². The molecule has 0 saturated carbocycles. The van der Waals surface area contributed by atoms with Crippen molar-refractivity contribution in [3.05, 3.63) is 65.5 Å². The summed E-state index contributed by atoms with van der Waals surface area (Å²) in [5.41, 5.74) is 2.82. The number of pyridine rings is 1. The van der Waals surface area contributed by atoms with Crippen LogP contribution in [0.15, 0.2) is 53.8 Å². The number of hydrogen-bond acceptors (Lipinski definition) is 5. The van der Waals surface area contributed by atoms with Gasteiger partial charge in [0.25, 0.3) is 5.91 Å². The predicted octanol–water partition coefficient (Wildman–Crippen LogP) is 3.15. The maximum Gasteiger partial charge on any atom is 0.272 e. The van der Waals surface area contributed by atoms with Crippen molar-refractivity contribution in [3.63, 3.8) is 0 Å². The molecule has 1 fully saturated rings. The topological polar surface area (TPSA) is 83.8 Å². The minimum absolute atomic E-state index is 0.107. The summed E-state index contributed by atoms with van der Waals surface area (Å²) in [5, 5.41) is 2.73. The molecule has 0 bridgehead atoms. The SMILES string of the molecule is CC1CC(C)CN(Cc2ccc(CNC(=O)c3nc(S(C)(=O)=O)n4ccccc34)cc2)C1. The average Bonchev–Trinajstić information content (AvgIpc) is 3.13. The number of nitrogens with zero attached hydrogens (tertiary/aromatic N) is 3. The zero-order valence-electron chi connectivity index (χ0n) is 18.8. The first-order valence-electron chi connectivity index (χ1n) is 11.0. The van der Waals surface area contributed by atoms with Gasteiger partial charge < -0.3 is 5.32 Å². The molecule has 2 atom stereocenters. The summed E-state index contributed by atoms with van der Waals surface area (Å²) in [5.74, 6) is 1.06. The van der Waals surface area contributed by atoms with Gasteiger partial charge in [-0.1, -0.05) is 44.2 Å². The van der Waals surface area contributed by atoms with E-state index in [9.17, 15) is 13.2 Å². The Morgan fingerprint density at radius 3 is 2.38 bits per heavy atom. The van der Waals surface area contributed by atoms with Crippen LogP contribution in [0.25, 0.3) is 5.52 Å². The number of hydrogen-bond donors (Lipinski definition) is 1. The molecular formula is C24H30N4O3S. The van der Waals surface area contributed by atoms with Crippen molar-refractivity contribution in [1.29, 1.82) is 0 Å².